The van der Waals surface area contributed by atoms with Crippen LogP contribution in [-0.4, -0.2) is 46.2 Å². The van der Waals surface area contributed by atoms with Crippen LogP contribution < -0.4 is 0 Å². The van der Waals surface area contributed by atoms with Gasteiger partial charge >= 0.3 is 6.09 Å². The minimum absolute atomic E-state index is 0.0903. The van der Waals surface area contributed by atoms with Crippen molar-refractivity contribution in [2.45, 2.75) is 23.8 Å². The van der Waals surface area contributed by atoms with E-state index in [1.165, 1.54) is 9.80 Å². The number of rotatable bonds is 5. The molecule has 1 saturated heterocycles. The molecule has 19 heavy (non-hydrogen) atoms. The first-order valence-electron chi connectivity index (χ1n) is 6.50. The lowest BCUT2D eigenvalue weighted by atomic mass is 10.00. The first-order valence-corrected chi connectivity index (χ1v) is 7.49. The molecule has 0 aliphatic carbocycles. The fourth-order valence-corrected chi connectivity index (χ4v) is 3.27. The van der Waals surface area contributed by atoms with Gasteiger partial charge in [-0.05, 0) is 25.0 Å². The van der Waals surface area contributed by atoms with Crippen LogP contribution in [0.5, 0.6) is 0 Å². The van der Waals surface area contributed by atoms with Crippen molar-refractivity contribution < 1.29 is 15.0 Å². The van der Waals surface area contributed by atoms with E-state index in [1.807, 2.05) is 18.2 Å². The Morgan fingerprint density at radius 1 is 1.42 bits per heavy atom. The molecule has 4 nitrogen and oxygen atoms in total. The standard InChI is InChI=1S/C14H19NO3S/c16-13(11-6-8-15(10-11)14(17)18)7-9-19-12-4-2-1-3-5-12/h1-5,11,13,16H,6-10H2,(H,17,18)/t11-,13+/m0/s1. The van der Waals surface area contributed by atoms with Gasteiger partial charge in [0, 0.05) is 29.7 Å². The molecular formula is C14H19NO3S. The minimum Gasteiger partial charge on any atom is -0.465 e. The first kappa shape index (κ1) is 14.2. The molecule has 0 radical (unpaired) electrons. The van der Waals surface area contributed by atoms with E-state index in [9.17, 15) is 9.90 Å². The van der Waals surface area contributed by atoms with Gasteiger partial charge in [-0.3, -0.25) is 0 Å². The highest BCUT2D eigenvalue weighted by atomic mass is 32.2. The fraction of sp³-hybridized carbons (Fsp3) is 0.500. The number of aliphatic hydroxyl groups is 1. The lowest BCUT2D eigenvalue weighted by Crippen LogP contribution is -2.29. The molecule has 1 aliphatic heterocycles. The summed E-state index contributed by atoms with van der Waals surface area (Å²) < 4.78 is 0. The summed E-state index contributed by atoms with van der Waals surface area (Å²) >= 11 is 1.72. The highest BCUT2D eigenvalue weighted by Gasteiger charge is 2.30. The minimum atomic E-state index is -0.881. The van der Waals surface area contributed by atoms with Gasteiger partial charge < -0.3 is 15.1 Å². The Labute approximate surface area is 117 Å². The van der Waals surface area contributed by atoms with Gasteiger partial charge in [0.15, 0.2) is 0 Å². The molecule has 0 saturated carbocycles. The van der Waals surface area contributed by atoms with E-state index in [-0.39, 0.29) is 5.92 Å². The van der Waals surface area contributed by atoms with Crippen molar-refractivity contribution in [1.29, 1.82) is 0 Å². The number of amides is 1. The van der Waals surface area contributed by atoms with Gasteiger partial charge in [0.2, 0.25) is 0 Å². The van der Waals surface area contributed by atoms with Gasteiger partial charge in [-0.15, -0.1) is 11.8 Å². The maximum absolute atomic E-state index is 10.8. The second kappa shape index (κ2) is 6.82. The van der Waals surface area contributed by atoms with Crippen molar-refractivity contribution in [3.05, 3.63) is 30.3 Å². The first-order chi connectivity index (χ1) is 9.16. The summed E-state index contributed by atoms with van der Waals surface area (Å²) in [6.45, 7) is 1.01. The largest absolute Gasteiger partial charge is 0.465 e. The molecule has 1 fully saturated rings. The maximum Gasteiger partial charge on any atom is 0.407 e. The Hall–Kier alpha value is -1.20. The quantitative estimate of drug-likeness (QED) is 0.814. The van der Waals surface area contributed by atoms with Crippen molar-refractivity contribution in [2.24, 2.45) is 5.92 Å². The Balaban J connectivity index is 1.70. The molecule has 1 aliphatic rings. The molecule has 1 amide bonds. The van der Waals surface area contributed by atoms with Crippen LogP contribution in [0.4, 0.5) is 4.79 Å². The number of thioether (sulfide) groups is 1. The van der Waals surface area contributed by atoms with Crippen LogP contribution in [0.25, 0.3) is 0 Å². The van der Waals surface area contributed by atoms with Gasteiger partial charge in [0.25, 0.3) is 0 Å². The number of nitrogens with zero attached hydrogens (tertiary/aromatic N) is 1. The average Bonchev–Trinajstić information content (AvgIpc) is 2.89. The monoisotopic (exact) mass is 281 g/mol. The smallest absolute Gasteiger partial charge is 0.407 e. The zero-order valence-corrected chi connectivity index (χ0v) is 11.6. The molecule has 2 rings (SSSR count). The zero-order chi connectivity index (χ0) is 13.7. The predicted molar refractivity (Wildman–Crippen MR) is 75.5 cm³/mol. The molecule has 1 aromatic rings. The molecule has 0 aromatic heterocycles. The van der Waals surface area contributed by atoms with E-state index in [4.69, 9.17) is 5.11 Å². The molecule has 104 valence electrons. The van der Waals surface area contributed by atoms with Crippen molar-refractivity contribution in [3.8, 4) is 0 Å². The van der Waals surface area contributed by atoms with Gasteiger partial charge in [0.05, 0.1) is 6.10 Å². The summed E-state index contributed by atoms with van der Waals surface area (Å²) in [5.74, 6) is 0.946. The molecule has 5 heteroatoms. The van der Waals surface area contributed by atoms with Gasteiger partial charge in [-0.2, -0.15) is 0 Å². The summed E-state index contributed by atoms with van der Waals surface area (Å²) in [6.07, 6.45) is 0.190. The predicted octanol–water partition coefficient (Wildman–Crippen LogP) is 2.53. The molecule has 2 N–H and O–H groups in total. The van der Waals surface area contributed by atoms with E-state index in [0.717, 1.165) is 12.2 Å². The number of carbonyl (C=O) groups is 1. The van der Waals surface area contributed by atoms with Crippen LogP contribution in [-0.2, 0) is 0 Å². The molecule has 0 bridgehead atoms. The maximum atomic E-state index is 10.8. The topological polar surface area (TPSA) is 60.8 Å². The highest BCUT2D eigenvalue weighted by Crippen LogP contribution is 2.24. The summed E-state index contributed by atoms with van der Waals surface area (Å²) in [4.78, 5) is 13.4. The second-order valence-electron chi connectivity index (χ2n) is 4.79. The molecular weight excluding hydrogens is 262 g/mol. The molecule has 0 unspecified atom stereocenters. The summed E-state index contributed by atoms with van der Waals surface area (Å²) in [7, 11) is 0. The molecule has 1 aromatic carbocycles. The SMILES string of the molecule is O=C(O)N1CC[C@H]([C@H](O)CCSc2ccccc2)C1. The van der Waals surface area contributed by atoms with Crippen molar-refractivity contribution in [2.75, 3.05) is 18.8 Å². The average molecular weight is 281 g/mol. The second-order valence-corrected chi connectivity index (χ2v) is 5.96. The van der Waals surface area contributed by atoms with Crippen molar-refractivity contribution in [3.63, 3.8) is 0 Å². The normalized spacial score (nSPS) is 20.5. The number of hydrogen-bond acceptors (Lipinski definition) is 3. The van der Waals surface area contributed by atoms with E-state index in [1.54, 1.807) is 11.8 Å². The van der Waals surface area contributed by atoms with Crippen molar-refractivity contribution in [1.82, 2.24) is 4.90 Å². The van der Waals surface area contributed by atoms with Crippen LogP contribution in [0.15, 0.2) is 35.2 Å². The van der Waals surface area contributed by atoms with Crippen LogP contribution in [0, 0.1) is 5.92 Å². The third kappa shape index (κ3) is 4.14. The Morgan fingerprint density at radius 2 is 2.16 bits per heavy atom. The number of hydrogen-bond donors (Lipinski definition) is 2. The molecule has 0 spiro atoms. The summed E-state index contributed by atoms with van der Waals surface area (Å²) in [5, 5.41) is 19.0. The number of benzene rings is 1. The Morgan fingerprint density at radius 3 is 2.79 bits per heavy atom. The fourth-order valence-electron chi connectivity index (χ4n) is 2.33. The van der Waals surface area contributed by atoms with Gasteiger partial charge in [-0.1, -0.05) is 18.2 Å². The molecule has 1 heterocycles. The molecule has 2 atom stereocenters. The van der Waals surface area contributed by atoms with E-state index < -0.39 is 12.2 Å². The van der Waals surface area contributed by atoms with Gasteiger partial charge in [0.1, 0.15) is 0 Å². The number of carboxylic acid groups (broad SMARTS) is 1. The van der Waals surface area contributed by atoms with Crippen LogP contribution in [0.3, 0.4) is 0 Å². The van der Waals surface area contributed by atoms with E-state index >= 15 is 0 Å². The lowest BCUT2D eigenvalue weighted by Gasteiger charge is -2.18. The van der Waals surface area contributed by atoms with Crippen LogP contribution in [0.1, 0.15) is 12.8 Å². The Kier molecular flexibility index (Phi) is 5.10. The highest BCUT2D eigenvalue weighted by molar-refractivity contribution is 7.99. The lowest BCUT2D eigenvalue weighted by molar-refractivity contribution is 0.105. The van der Waals surface area contributed by atoms with Gasteiger partial charge in [-0.25, -0.2) is 4.79 Å². The summed E-state index contributed by atoms with van der Waals surface area (Å²) in [6, 6.07) is 10.1. The number of likely N-dealkylation sites (tertiary alicyclic amines) is 1. The Bertz CT molecular complexity index is 412. The van der Waals surface area contributed by atoms with Crippen LogP contribution >= 0.6 is 11.8 Å². The summed E-state index contributed by atoms with van der Waals surface area (Å²) in [5.41, 5.74) is 0. The van der Waals surface area contributed by atoms with E-state index in [0.29, 0.717) is 19.5 Å². The third-order valence-electron chi connectivity index (χ3n) is 3.46. The van der Waals surface area contributed by atoms with Crippen molar-refractivity contribution >= 4 is 17.9 Å². The van der Waals surface area contributed by atoms with Crippen LogP contribution in [0.2, 0.25) is 0 Å². The number of aliphatic hydroxyl groups excluding tert-OH is 1. The third-order valence-corrected chi connectivity index (χ3v) is 4.51. The zero-order valence-electron chi connectivity index (χ0n) is 10.7. The van der Waals surface area contributed by atoms with E-state index in [2.05, 4.69) is 12.1 Å².